The second-order valence-electron chi connectivity index (χ2n) is 5.37. The Morgan fingerprint density at radius 3 is 2.33 bits per heavy atom. The van der Waals surface area contributed by atoms with Gasteiger partial charge in [0.15, 0.2) is 5.05 Å². The molecule has 0 amide bonds. The molecule has 0 bridgehead atoms. The highest BCUT2D eigenvalue weighted by atomic mass is 32.2. The largest absolute Gasteiger partial charge is 0.487 e. The molecule has 2 rings (SSSR count). The van der Waals surface area contributed by atoms with Gasteiger partial charge in [-0.15, -0.1) is 0 Å². The normalized spacial score (nSPS) is 11.5. The Kier molecular flexibility index (Phi) is 5.75. The molecular formula is C18H19NO3S2. The Morgan fingerprint density at radius 2 is 1.71 bits per heavy atom. The number of hydrogen-bond donors (Lipinski definition) is 1. The van der Waals surface area contributed by atoms with E-state index in [2.05, 4.69) is 4.72 Å². The predicted octanol–water partition coefficient (Wildman–Crippen LogP) is 4.09. The Hall–Kier alpha value is -2.18. The SMILES string of the molecule is COC(=S)/C=C/c1cc(C)ccc1NS(=O)(=O)c1ccc(C)cc1. The maximum atomic E-state index is 12.6. The van der Waals surface area contributed by atoms with Crippen molar-refractivity contribution in [3.8, 4) is 0 Å². The minimum Gasteiger partial charge on any atom is -0.487 e. The highest BCUT2D eigenvalue weighted by Crippen LogP contribution is 2.23. The molecule has 0 aromatic heterocycles. The lowest BCUT2D eigenvalue weighted by Crippen LogP contribution is -2.13. The summed E-state index contributed by atoms with van der Waals surface area (Å²) in [6, 6.07) is 12.2. The van der Waals surface area contributed by atoms with Crippen molar-refractivity contribution in [2.75, 3.05) is 11.8 Å². The Morgan fingerprint density at radius 1 is 1.08 bits per heavy atom. The molecule has 2 aromatic carbocycles. The minimum atomic E-state index is -3.66. The van der Waals surface area contributed by atoms with E-state index in [-0.39, 0.29) is 4.90 Å². The topological polar surface area (TPSA) is 55.4 Å². The van der Waals surface area contributed by atoms with E-state index in [1.807, 2.05) is 26.0 Å². The maximum Gasteiger partial charge on any atom is 0.261 e. The zero-order valence-corrected chi connectivity index (χ0v) is 15.4. The van der Waals surface area contributed by atoms with Gasteiger partial charge in [0.2, 0.25) is 0 Å². The van der Waals surface area contributed by atoms with E-state index >= 15 is 0 Å². The van der Waals surface area contributed by atoms with Gasteiger partial charge in [-0.1, -0.05) is 29.3 Å². The Balaban J connectivity index is 2.36. The summed E-state index contributed by atoms with van der Waals surface area (Å²) in [5, 5.41) is 0.323. The predicted molar refractivity (Wildman–Crippen MR) is 102 cm³/mol. The Bertz CT molecular complexity index is 870. The molecule has 0 aliphatic rings. The highest BCUT2D eigenvalue weighted by Gasteiger charge is 2.15. The lowest BCUT2D eigenvalue weighted by molar-refractivity contribution is 0.418. The minimum absolute atomic E-state index is 0.219. The number of nitrogens with one attached hydrogen (secondary N) is 1. The summed E-state index contributed by atoms with van der Waals surface area (Å²) in [6.07, 6.45) is 3.35. The fourth-order valence-electron chi connectivity index (χ4n) is 2.06. The standard InChI is InChI=1S/C18H19NO3S2/c1-13-4-8-16(9-5-13)24(20,21)19-17-10-6-14(2)12-15(17)7-11-18(23)22-3/h4-12,19H,1-3H3/b11-7+. The van der Waals surface area contributed by atoms with E-state index in [1.54, 1.807) is 42.5 Å². The van der Waals surface area contributed by atoms with Crippen LogP contribution in [0.25, 0.3) is 6.08 Å². The molecule has 6 heteroatoms. The first kappa shape index (κ1) is 18.2. The molecule has 0 radical (unpaired) electrons. The maximum absolute atomic E-state index is 12.6. The van der Waals surface area contributed by atoms with Gasteiger partial charge in [-0.3, -0.25) is 4.72 Å². The molecule has 0 unspecified atom stereocenters. The average Bonchev–Trinajstić information content (AvgIpc) is 2.55. The van der Waals surface area contributed by atoms with Crippen LogP contribution in [-0.2, 0) is 14.8 Å². The van der Waals surface area contributed by atoms with E-state index in [9.17, 15) is 8.42 Å². The first-order chi connectivity index (χ1) is 11.3. The average molecular weight is 361 g/mol. The number of rotatable bonds is 5. The van der Waals surface area contributed by atoms with Crippen molar-refractivity contribution < 1.29 is 13.2 Å². The summed E-state index contributed by atoms with van der Waals surface area (Å²) in [5.74, 6) is 0. The van der Waals surface area contributed by atoms with Crippen LogP contribution in [0.4, 0.5) is 5.69 Å². The molecular weight excluding hydrogens is 342 g/mol. The first-order valence-electron chi connectivity index (χ1n) is 7.28. The summed E-state index contributed by atoms with van der Waals surface area (Å²) < 4.78 is 32.7. The molecule has 1 N–H and O–H groups in total. The number of methoxy groups -OCH3 is 1. The number of benzene rings is 2. The third-order valence-corrected chi connectivity index (χ3v) is 5.07. The van der Waals surface area contributed by atoms with Gasteiger partial charge in [0.1, 0.15) is 0 Å². The summed E-state index contributed by atoms with van der Waals surface area (Å²) in [4.78, 5) is 0.219. The van der Waals surface area contributed by atoms with Crippen LogP contribution in [0, 0.1) is 13.8 Å². The van der Waals surface area contributed by atoms with E-state index < -0.39 is 10.0 Å². The van der Waals surface area contributed by atoms with Gasteiger partial charge in [0, 0.05) is 0 Å². The van der Waals surface area contributed by atoms with Gasteiger partial charge < -0.3 is 4.74 Å². The van der Waals surface area contributed by atoms with Crippen LogP contribution < -0.4 is 4.72 Å². The van der Waals surface area contributed by atoms with Crippen molar-refractivity contribution in [2.45, 2.75) is 18.7 Å². The van der Waals surface area contributed by atoms with Crippen LogP contribution in [-0.4, -0.2) is 20.6 Å². The van der Waals surface area contributed by atoms with Crippen molar-refractivity contribution in [2.24, 2.45) is 0 Å². The molecule has 24 heavy (non-hydrogen) atoms. The van der Waals surface area contributed by atoms with E-state index in [0.29, 0.717) is 16.3 Å². The fourth-order valence-corrected chi connectivity index (χ4v) is 3.22. The van der Waals surface area contributed by atoms with Crippen LogP contribution in [0.15, 0.2) is 53.4 Å². The molecule has 0 saturated carbocycles. The molecule has 0 aliphatic heterocycles. The van der Waals surface area contributed by atoms with Crippen molar-refractivity contribution in [1.82, 2.24) is 0 Å². The third-order valence-electron chi connectivity index (χ3n) is 3.38. The second kappa shape index (κ2) is 7.59. The number of hydrogen-bond acceptors (Lipinski definition) is 4. The van der Waals surface area contributed by atoms with Crippen LogP contribution in [0.2, 0.25) is 0 Å². The van der Waals surface area contributed by atoms with E-state index in [0.717, 1.165) is 11.1 Å². The molecule has 0 atom stereocenters. The van der Waals surface area contributed by atoms with Crippen molar-refractivity contribution in [3.63, 3.8) is 0 Å². The van der Waals surface area contributed by atoms with E-state index in [4.69, 9.17) is 17.0 Å². The monoisotopic (exact) mass is 361 g/mol. The van der Waals surface area contributed by atoms with Crippen LogP contribution in [0.5, 0.6) is 0 Å². The molecule has 0 fully saturated rings. The number of sulfonamides is 1. The van der Waals surface area contributed by atoms with Gasteiger partial charge >= 0.3 is 0 Å². The number of aryl methyl sites for hydroxylation is 2. The summed E-state index contributed by atoms with van der Waals surface area (Å²) in [5.41, 5.74) is 3.21. The fraction of sp³-hybridized carbons (Fsp3) is 0.167. The van der Waals surface area contributed by atoms with Crippen molar-refractivity contribution in [1.29, 1.82) is 0 Å². The third kappa shape index (κ3) is 4.66. The molecule has 2 aromatic rings. The highest BCUT2D eigenvalue weighted by molar-refractivity contribution is 7.92. The first-order valence-corrected chi connectivity index (χ1v) is 9.17. The quantitative estimate of drug-likeness (QED) is 0.644. The zero-order valence-electron chi connectivity index (χ0n) is 13.7. The lowest BCUT2D eigenvalue weighted by Gasteiger charge is -2.12. The van der Waals surface area contributed by atoms with Crippen LogP contribution in [0.1, 0.15) is 16.7 Å². The lowest BCUT2D eigenvalue weighted by atomic mass is 10.1. The van der Waals surface area contributed by atoms with Crippen molar-refractivity contribution >= 4 is 39.1 Å². The van der Waals surface area contributed by atoms with Gasteiger partial charge in [-0.2, -0.15) is 0 Å². The van der Waals surface area contributed by atoms with Crippen LogP contribution in [0.3, 0.4) is 0 Å². The van der Waals surface area contributed by atoms with Gasteiger partial charge in [0.05, 0.1) is 17.7 Å². The molecule has 0 aliphatic carbocycles. The number of anilines is 1. The van der Waals surface area contributed by atoms with Crippen LogP contribution >= 0.6 is 12.2 Å². The molecule has 0 saturated heterocycles. The van der Waals surface area contributed by atoms with Gasteiger partial charge in [-0.05, 0) is 68.0 Å². The molecule has 126 valence electrons. The number of thiocarbonyl (C=S) groups is 1. The summed E-state index contributed by atoms with van der Waals surface area (Å²) in [7, 11) is -2.17. The zero-order chi connectivity index (χ0) is 17.7. The van der Waals surface area contributed by atoms with E-state index in [1.165, 1.54) is 7.11 Å². The molecule has 0 heterocycles. The number of ether oxygens (including phenoxy) is 1. The smallest absolute Gasteiger partial charge is 0.261 e. The molecule has 0 spiro atoms. The molecule has 4 nitrogen and oxygen atoms in total. The Labute approximate surface area is 148 Å². The van der Waals surface area contributed by atoms with Gasteiger partial charge in [-0.25, -0.2) is 8.42 Å². The van der Waals surface area contributed by atoms with Gasteiger partial charge in [0.25, 0.3) is 10.0 Å². The summed E-state index contributed by atoms with van der Waals surface area (Å²) in [6.45, 7) is 3.84. The second-order valence-corrected chi connectivity index (χ2v) is 7.45. The van der Waals surface area contributed by atoms with Crippen molar-refractivity contribution in [3.05, 3.63) is 65.2 Å². The summed E-state index contributed by atoms with van der Waals surface area (Å²) >= 11 is 4.98.